The number of esters is 1. The standard InChI is InChI=1S/C32H40FN7O5/c1-19(2)45-30(41)22-15-34-31(36-29(22)39-18-32(3,4)23-10-8-9-11-25(23)39)35-24-13-27(40(42)43)26(14-28(24)44-7)38-16-20(33)12-21(38)17-37(5)6/h8-11,13-15,19-21H,12,16-18H2,1-7H3,(H,34,35,36)/t20-,21+/m0/s1. The summed E-state index contributed by atoms with van der Waals surface area (Å²) in [7, 11) is 5.22. The second-order valence-corrected chi connectivity index (χ2v) is 12.7. The van der Waals surface area contributed by atoms with Crippen molar-refractivity contribution in [2.75, 3.05) is 56.0 Å². The van der Waals surface area contributed by atoms with Gasteiger partial charge in [0.15, 0.2) is 5.82 Å². The van der Waals surface area contributed by atoms with Crippen molar-refractivity contribution in [2.24, 2.45) is 0 Å². The van der Waals surface area contributed by atoms with Crippen molar-refractivity contribution >= 4 is 40.5 Å². The molecule has 3 aromatic rings. The van der Waals surface area contributed by atoms with E-state index >= 15 is 0 Å². The number of alkyl halides is 1. The quantitative estimate of drug-likeness (QED) is 0.172. The highest BCUT2D eigenvalue weighted by molar-refractivity contribution is 5.96. The van der Waals surface area contributed by atoms with Crippen LogP contribution in [-0.2, 0) is 10.2 Å². The predicted molar refractivity (Wildman–Crippen MR) is 171 cm³/mol. The molecule has 12 nitrogen and oxygen atoms in total. The zero-order valence-corrected chi connectivity index (χ0v) is 26.7. The third-order valence-electron chi connectivity index (χ3n) is 8.05. The SMILES string of the molecule is COc1cc(N2C[C@@H](F)C[C@@H]2CN(C)C)c([N+](=O)[O-])cc1Nc1ncc(C(=O)OC(C)C)c(N2CC(C)(C)c3ccccc32)n1. The first kappa shape index (κ1) is 31.9. The van der Waals surface area contributed by atoms with Crippen LogP contribution in [0, 0.1) is 10.1 Å². The summed E-state index contributed by atoms with van der Waals surface area (Å²) in [6.07, 6.45) is 0.216. The molecule has 0 unspecified atom stereocenters. The van der Waals surface area contributed by atoms with E-state index in [0.29, 0.717) is 24.7 Å². The minimum atomic E-state index is -1.10. The monoisotopic (exact) mass is 621 g/mol. The molecule has 0 bridgehead atoms. The number of benzene rings is 2. The summed E-state index contributed by atoms with van der Waals surface area (Å²) in [5, 5.41) is 15.4. The number of rotatable bonds is 10. The van der Waals surface area contributed by atoms with Crippen LogP contribution in [0.2, 0.25) is 0 Å². The number of halogens is 1. The van der Waals surface area contributed by atoms with E-state index in [1.807, 2.05) is 42.1 Å². The van der Waals surface area contributed by atoms with Gasteiger partial charge in [-0.25, -0.2) is 14.2 Å². The van der Waals surface area contributed by atoms with Crippen LogP contribution in [0.25, 0.3) is 0 Å². The topological polar surface area (TPSA) is 126 Å². The lowest BCUT2D eigenvalue weighted by atomic mass is 9.87. The van der Waals surface area contributed by atoms with Gasteiger partial charge in [-0.15, -0.1) is 0 Å². The predicted octanol–water partition coefficient (Wildman–Crippen LogP) is 5.61. The van der Waals surface area contributed by atoms with Gasteiger partial charge in [-0.2, -0.15) is 4.98 Å². The average molecular weight is 622 g/mol. The molecule has 5 rings (SSSR count). The first-order chi connectivity index (χ1) is 21.3. The molecule has 0 spiro atoms. The maximum atomic E-state index is 14.6. The van der Waals surface area contributed by atoms with E-state index in [0.717, 1.165) is 11.3 Å². The molecular weight excluding hydrogens is 581 g/mol. The third kappa shape index (κ3) is 6.48. The molecular formula is C32H40FN7O5. The molecule has 240 valence electrons. The maximum absolute atomic E-state index is 14.6. The van der Waals surface area contributed by atoms with Crippen LogP contribution in [-0.4, -0.2) is 84.9 Å². The number of nitrogens with zero attached hydrogens (tertiary/aromatic N) is 6. The van der Waals surface area contributed by atoms with Gasteiger partial charge in [0.2, 0.25) is 5.95 Å². The smallest absolute Gasteiger partial charge is 0.343 e. The summed E-state index contributed by atoms with van der Waals surface area (Å²) in [5.41, 5.74) is 2.30. The van der Waals surface area contributed by atoms with E-state index in [4.69, 9.17) is 14.5 Å². The van der Waals surface area contributed by atoms with Crippen molar-refractivity contribution in [2.45, 2.75) is 57.8 Å². The number of carbonyl (C=O) groups excluding carboxylic acids is 1. The van der Waals surface area contributed by atoms with Gasteiger partial charge in [0.25, 0.3) is 5.69 Å². The molecule has 0 amide bonds. The van der Waals surface area contributed by atoms with Gasteiger partial charge in [0.1, 0.15) is 23.2 Å². The Kier molecular flexibility index (Phi) is 8.83. The van der Waals surface area contributed by atoms with E-state index in [-0.39, 0.29) is 59.1 Å². The summed E-state index contributed by atoms with van der Waals surface area (Å²) in [5.74, 6) is 0.181. The molecule has 2 atom stereocenters. The summed E-state index contributed by atoms with van der Waals surface area (Å²) >= 11 is 0. The molecule has 1 aromatic heterocycles. The Hall–Kier alpha value is -4.52. The van der Waals surface area contributed by atoms with Crippen molar-refractivity contribution in [1.82, 2.24) is 14.9 Å². The lowest BCUT2D eigenvalue weighted by molar-refractivity contribution is -0.384. The van der Waals surface area contributed by atoms with E-state index in [1.54, 1.807) is 24.8 Å². The van der Waals surface area contributed by atoms with E-state index in [1.165, 1.54) is 19.4 Å². The molecule has 2 aliphatic heterocycles. The molecule has 45 heavy (non-hydrogen) atoms. The van der Waals surface area contributed by atoms with Crippen molar-refractivity contribution < 1.29 is 23.6 Å². The maximum Gasteiger partial charge on any atom is 0.343 e. The number of hydrogen-bond acceptors (Lipinski definition) is 11. The number of methoxy groups -OCH3 is 1. The van der Waals surface area contributed by atoms with Crippen molar-refractivity contribution in [3.05, 3.63) is 63.8 Å². The highest BCUT2D eigenvalue weighted by Gasteiger charge is 2.39. The molecule has 2 aromatic carbocycles. The molecule has 2 aliphatic rings. The lowest BCUT2D eigenvalue weighted by Gasteiger charge is -2.29. The van der Waals surface area contributed by atoms with Crippen molar-refractivity contribution in [3.8, 4) is 5.75 Å². The minimum Gasteiger partial charge on any atom is -0.494 e. The number of nitro benzene ring substituents is 1. The number of ether oxygens (including phenoxy) is 2. The molecule has 3 heterocycles. The molecule has 0 radical (unpaired) electrons. The Morgan fingerprint density at radius 1 is 1.24 bits per heavy atom. The second kappa shape index (κ2) is 12.5. The van der Waals surface area contributed by atoms with Crippen LogP contribution in [0.4, 0.5) is 38.9 Å². The zero-order valence-electron chi connectivity index (χ0n) is 26.7. The normalized spacial score (nSPS) is 18.8. The van der Waals surface area contributed by atoms with Gasteiger partial charge >= 0.3 is 5.97 Å². The van der Waals surface area contributed by atoms with Crippen LogP contribution in [0.15, 0.2) is 42.6 Å². The van der Waals surface area contributed by atoms with Gasteiger partial charge in [0, 0.05) is 61.5 Å². The number of nitrogens with one attached hydrogen (secondary N) is 1. The largest absolute Gasteiger partial charge is 0.494 e. The number of carbonyl (C=O) groups is 1. The molecule has 0 aliphatic carbocycles. The van der Waals surface area contributed by atoms with Crippen molar-refractivity contribution in [3.63, 3.8) is 0 Å². The Morgan fingerprint density at radius 3 is 2.64 bits per heavy atom. The average Bonchev–Trinajstić information content (AvgIpc) is 3.47. The van der Waals surface area contributed by atoms with Gasteiger partial charge in [-0.3, -0.25) is 10.1 Å². The highest BCUT2D eigenvalue weighted by Crippen LogP contribution is 2.45. The van der Waals surface area contributed by atoms with Crippen LogP contribution >= 0.6 is 0 Å². The van der Waals surface area contributed by atoms with Gasteiger partial charge in [0.05, 0.1) is 23.8 Å². The highest BCUT2D eigenvalue weighted by atomic mass is 19.1. The van der Waals surface area contributed by atoms with Gasteiger partial charge < -0.3 is 29.5 Å². The fraction of sp³-hybridized carbons (Fsp3) is 0.469. The Morgan fingerprint density at radius 2 is 1.98 bits per heavy atom. The van der Waals surface area contributed by atoms with Gasteiger partial charge in [-0.05, 0) is 39.6 Å². The first-order valence-corrected chi connectivity index (χ1v) is 14.9. The summed E-state index contributed by atoms with van der Waals surface area (Å²) in [6, 6.07) is 10.6. The van der Waals surface area contributed by atoms with E-state index in [9.17, 15) is 19.3 Å². The number of likely N-dealkylation sites (N-methyl/N-ethyl adjacent to an activating group) is 1. The summed E-state index contributed by atoms with van der Waals surface area (Å²) in [6.45, 7) is 8.92. The Labute approximate surface area is 262 Å². The van der Waals surface area contributed by atoms with Crippen LogP contribution in [0.1, 0.15) is 50.0 Å². The minimum absolute atomic E-state index is 0.0450. The molecule has 13 heteroatoms. The Balaban J connectivity index is 1.57. The van der Waals surface area contributed by atoms with E-state index < -0.39 is 17.1 Å². The molecule has 1 N–H and O–H groups in total. The van der Waals surface area contributed by atoms with Crippen molar-refractivity contribution in [1.29, 1.82) is 0 Å². The number of aromatic nitrogens is 2. The molecule has 1 fully saturated rings. The number of fused-ring (bicyclic) bond motifs is 1. The summed E-state index contributed by atoms with van der Waals surface area (Å²) in [4.78, 5) is 39.8. The number of hydrogen-bond donors (Lipinski definition) is 1. The molecule has 0 saturated carbocycles. The molecule has 1 saturated heterocycles. The van der Waals surface area contributed by atoms with E-state index in [2.05, 4.69) is 30.2 Å². The number of nitro groups is 1. The lowest BCUT2D eigenvalue weighted by Crippen LogP contribution is -2.37. The van der Waals surface area contributed by atoms with Crippen LogP contribution < -0.4 is 19.9 Å². The van der Waals surface area contributed by atoms with Crippen LogP contribution in [0.3, 0.4) is 0 Å². The van der Waals surface area contributed by atoms with Crippen LogP contribution in [0.5, 0.6) is 5.75 Å². The number of anilines is 5. The second-order valence-electron chi connectivity index (χ2n) is 12.7. The zero-order chi connectivity index (χ0) is 32.6. The summed E-state index contributed by atoms with van der Waals surface area (Å²) < 4.78 is 25.7. The fourth-order valence-corrected chi connectivity index (χ4v) is 6.17. The number of para-hydroxylation sites is 1. The third-order valence-corrected chi connectivity index (χ3v) is 8.05. The first-order valence-electron chi connectivity index (χ1n) is 14.9. The van der Waals surface area contributed by atoms with Gasteiger partial charge in [-0.1, -0.05) is 32.0 Å². The Bertz CT molecular complexity index is 1600. The fourth-order valence-electron chi connectivity index (χ4n) is 6.17.